The Kier molecular flexibility index (Phi) is 4.62. The Bertz CT molecular complexity index is 339. The summed E-state index contributed by atoms with van der Waals surface area (Å²) in [6.07, 6.45) is 0. The van der Waals surface area contributed by atoms with Crippen molar-refractivity contribution in [1.29, 1.82) is 0 Å². The van der Waals surface area contributed by atoms with Gasteiger partial charge in [-0.3, -0.25) is 0 Å². The van der Waals surface area contributed by atoms with E-state index >= 15 is 0 Å². The molecule has 1 aromatic carbocycles. The molecule has 0 saturated heterocycles. The molecule has 15 heavy (non-hydrogen) atoms. The minimum atomic E-state index is -0.138. The summed E-state index contributed by atoms with van der Waals surface area (Å²) < 4.78 is 1.01. The summed E-state index contributed by atoms with van der Waals surface area (Å²) in [5.41, 5.74) is 1.07. The molecule has 0 aliphatic carbocycles. The fourth-order valence-corrected chi connectivity index (χ4v) is 1.56. The van der Waals surface area contributed by atoms with Gasteiger partial charge in [0.25, 0.3) is 0 Å². The van der Waals surface area contributed by atoms with Crippen LogP contribution in [0.5, 0.6) is 0 Å². The standard InChI is InChI=1S/C11H15BrN2O/c1-8(2)14-11(15)13-7-9-5-3-4-6-10(9)12/h3-6,8H,7H2,1-2H3,(H2,13,14,15). The molecule has 3 nitrogen and oxygen atoms in total. The molecule has 0 aliphatic rings. The minimum absolute atomic E-state index is 0.138. The van der Waals surface area contributed by atoms with E-state index in [1.807, 2.05) is 38.1 Å². The first kappa shape index (κ1) is 12.0. The number of rotatable bonds is 3. The van der Waals surface area contributed by atoms with E-state index in [1.54, 1.807) is 0 Å². The molecule has 0 fully saturated rings. The third-order valence-electron chi connectivity index (χ3n) is 1.82. The monoisotopic (exact) mass is 270 g/mol. The lowest BCUT2D eigenvalue weighted by atomic mass is 10.2. The van der Waals surface area contributed by atoms with Gasteiger partial charge >= 0.3 is 6.03 Å². The van der Waals surface area contributed by atoms with Crippen LogP contribution in [0.2, 0.25) is 0 Å². The lowest BCUT2D eigenvalue weighted by Crippen LogP contribution is -2.39. The second kappa shape index (κ2) is 5.75. The molecular formula is C11H15BrN2O. The van der Waals surface area contributed by atoms with Crippen molar-refractivity contribution in [2.24, 2.45) is 0 Å². The van der Waals surface area contributed by atoms with Crippen LogP contribution >= 0.6 is 15.9 Å². The lowest BCUT2D eigenvalue weighted by molar-refractivity contribution is 0.238. The number of urea groups is 1. The van der Waals surface area contributed by atoms with Crippen LogP contribution in [0.3, 0.4) is 0 Å². The maximum Gasteiger partial charge on any atom is 0.315 e. The molecular weight excluding hydrogens is 256 g/mol. The van der Waals surface area contributed by atoms with Crippen LogP contribution in [-0.2, 0) is 6.54 Å². The van der Waals surface area contributed by atoms with E-state index in [1.165, 1.54) is 0 Å². The predicted octanol–water partition coefficient (Wildman–Crippen LogP) is 2.66. The van der Waals surface area contributed by atoms with Gasteiger partial charge in [0, 0.05) is 17.1 Å². The largest absolute Gasteiger partial charge is 0.336 e. The van der Waals surface area contributed by atoms with Crippen LogP contribution in [0.15, 0.2) is 28.7 Å². The van der Waals surface area contributed by atoms with Crippen molar-refractivity contribution in [3.63, 3.8) is 0 Å². The van der Waals surface area contributed by atoms with E-state index in [2.05, 4.69) is 26.6 Å². The number of carbonyl (C=O) groups is 1. The Balaban J connectivity index is 2.44. The maximum absolute atomic E-state index is 11.3. The van der Waals surface area contributed by atoms with Gasteiger partial charge in [-0.2, -0.15) is 0 Å². The topological polar surface area (TPSA) is 41.1 Å². The molecule has 0 radical (unpaired) electrons. The van der Waals surface area contributed by atoms with Gasteiger partial charge in [-0.05, 0) is 25.5 Å². The zero-order valence-corrected chi connectivity index (χ0v) is 10.5. The number of hydrogen-bond donors (Lipinski definition) is 2. The molecule has 1 aromatic rings. The number of amides is 2. The average molecular weight is 271 g/mol. The summed E-state index contributed by atoms with van der Waals surface area (Å²) in [6, 6.07) is 7.84. The SMILES string of the molecule is CC(C)NC(=O)NCc1ccccc1Br. The number of nitrogens with one attached hydrogen (secondary N) is 2. The third-order valence-corrected chi connectivity index (χ3v) is 2.59. The third kappa shape index (κ3) is 4.34. The maximum atomic E-state index is 11.3. The molecule has 2 N–H and O–H groups in total. The Hall–Kier alpha value is -1.03. The highest BCUT2D eigenvalue weighted by molar-refractivity contribution is 9.10. The second-order valence-corrected chi connectivity index (χ2v) is 4.43. The van der Waals surface area contributed by atoms with Gasteiger partial charge in [0.1, 0.15) is 0 Å². The Labute approximate surface area is 98.4 Å². The van der Waals surface area contributed by atoms with Gasteiger partial charge in [0.05, 0.1) is 0 Å². The molecule has 0 aromatic heterocycles. The molecule has 0 saturated carbocycles. The summed E-state index contributed by atoms with van der Waals surface area (Å²) in [6.45, 7) is 4.38. The van der Waals surface area contributed by atoms with E-state index < -0.39 is 0 Å². The fraction of sp³-hybridized carbons (Fsp3) is 0.364. The number of hydrogen-bond acceptors (Lipinski definition) is 1. The average Bonchev–Trinajstić information content (AvgIpc) is 2.15. The molecule has 0 atom stereocenters. The van der Waals surface area contributed by atoms with Crippen molar-refractivity contribution < 1.29 is 4.79 Å². The van der Waals surface area contributed by atoms with Crippen molar-refractivity contribution >= 4 is 22.0 Å². The molecule has 1 rings (SSSR count). The van der Waals surface area contributed by atoms with E-state index in [4.69, 9.17) is 0 Å². The van der Waals surface area contributed by atoms with Gasteiger partial charge in [0.15, 0.2) is 0 Å². The zero-order chi connectivity index (χ0) is 11.3. The number of benzene rings is 1. The first-order valence-corrected chi connectivity index (χ1v) is 5.66. The van der Waals surface area contributed by atoms with E-state index in [0.29, 0.717) is 6.54 Å². The van der Waals surface area contributed by atoms with Gasteiger partial charge in [-0.15, -0.1) is 0 Å². The van der Waals surface area contributed by atoms with Gasteiger partial charge in [-0.1, -0.05) is 34.1 Å². The second-order valence-electron chi connectivity index (χ2n) is 3.57. The van der Waals surface area contributed by atoms with Crippen molar-refractivity contribution in [3.05, 3.63) is 34.3 Å². The van der Waals surface area contributed by atoms with E-state index in [9.17, 15) is 4.79 Å². The molecule has 0 spiro atoms. The van der Waals surface area contributed by atoms with Crippen LogP contribution in [-0.4, -0.2) is 12.1 Å². The van der Waals surface area contributed by atoms with Crippen molar-refractivity contribution in [2.75, 3.05) is 0 Å². The predicted molar refractivity (Wildman–Crippen MR) is 64.6 cm³/mol. The summed E-state index contributed by atoms with van der Waals surface area (Å²) in [7, 11) is 0. The molecule has 0 heterocycles. The first-order chi connectivity index (χ1) is 7.09. The molecule has 0 bridgehead atoms. The first-order valence-electron chi connectivity index (χ1n) is 4.87. The highest BCUT2D eigenvalue weighted by Gasteiger charge is 2.03. The van der Waals surface area contributed by atoms with Crippen LogP contribution in [0.25, 0.3) is 0 Å². The van der Waals surface area contributed by atoms with Gasteiger partial charge in [-0.25, -0.2) is 4.79 Å². The summed E-state index contributed by atoms with van der Waals surface area (Å²) >= 11 is 3.43. The molecule has 82 valence electrons. The molecule has 0 unspecified atom stereocenters. The van der Waals surface area contributed by atoms with Crippen LogP contribution in [0.1, 0.15) is 19.4 Å². The number of carbonyl (C=O) groups excluding carboxylic acids is 1. The number of halogens is 1. The Morgan fingerprint density at radius 3 is 2.67 bits per heavy atom. The van der Waals surface area contributed by atoms with E-state index in [-0.39, 0.29) is 12.1 Å². The smallest absolute Gasteiger partial charge is 0.315 e. The van der Waals surface area contributed by atoms with Crippen LogP contribution in [0.4, 0.5) is 4.79 Å². The zero-order valence-electron chi connectivity index (χ0n) is 8.88. The van der Waals surface area contributed by atoms with Gasteiger partial charge in [0.2, 0.25) is 0 Å². The normalized spacial score (nSPS) is 10.1. The minimum Gasteiger partial charge on any atom is -0.336 e. The lowest BCUT2D eigenvalue weighted by Gasteiger charge is -2.10. The molecule has 4 heteroatoms. The highest BCUT2D eigenvalue weighted by atomic mass is 79.9. The summed E-state index contributed by atoms with van der Waals surface area (Å²) in [5, 5.41) is 5.56. The van der Waals surface area contributed by atoms with E-state index in [0.717, 1.165) is 10.0 Å². The highest BCUT2D eigenvalue weighted by Crippen LogP contribution is 2.15. The van der Waals surface area contributed by atoms with Gasteiger partial charge < -0.3 is 10.6 Å². The quantitative estimate of drug-likeness (QED) is 0.871. The van der Waals surface area contributed by atoms with Crippen molar-refractivity contribution in [1.82, 2.24) is 10.6 Å². The summed E-state index contributed by atoms with van der Waals surface area (Å²) in [4.78, 5) is 11.3. The Morgan fingerprint density at radius 2 is 2.07 bits per heavy atom. The van der Waals surface area contributed by atoms with Crippen molar-refractivity contribution in [3.8, 4) is 0 Å². The van der Waals surface area contributed by atoms with Crippen LogP contribution in [0, 0.1) is 0 Å². The van der Waals surface area contributed by atoms with Crippen molar-refractivity contribution in [2.45, 2.75) is 26.4 Å². The fourth-order valence-electron chi connectivity index (χ4n) is 1.13. The summed E-state index contributed by atoms with van der Waals surface area (Å²) in [5.74, 6) is 0. The molecule has 0 aliphatic heterocycles. The molecule has 2 amide bonds. The van der Waals surface area contributed by atoms with Crippen LogP contribution < -0.4 is 10.6 Å². The Morgan fingerprint density at radius 1 is 1.40 bits per heavy atom.